The van der Waals surface area contributed by atoms with Crippen LogP contribution in [-0.2, 0) is 17.9 Å². The van der Waals surface area contributed by atoms with Gasteiger partial charge in [0, 0.05) is 36.1 Å². The number of rotatable bonds is 6. The first kappa shape index (κ1) is 21.9. The van der Waals surface area contributed by atoms with Gasteiger partial charge in [-0.05, 0) is 58.1 Å². The fourth-order valence-corrected chi connectivity index (χ4v) is 4.55. The van der Waals surface area contributed by atoms with E-state index in [-0.39, 0.29) is 11.8 Å². The molecule has 1 atom stereocenters. The molecular weight excluding hydrogens is 446 g/mol. The lowest BCUT2D eigenvalue weighted by molar-refractivity contribution is -0.125. The summed E-state index contributed by atoms with van der Waals surface area (Å²) in [5.74, 6) is -0.429. The Labute approximate surface area is 203 Å². The standard InChI is InChI=1S/C28H22ClN3O2/c29-22-10-11-24-25(16-22)26(27(33)31-17-19-12-14-30-15-13-19)32(28(24)34)18-21-8-4-5-9-23(21)20-6-2-1-3-7-20/h1-16,26H,17-18H2,(H,31,33). The molecule has 5 nitrogen and oxygen atoms in total. The third-order valence-corrected chi connectivity index (χ3v) is 6.25. The Morgan fingerprint density at radius 1 is 0.912 bits per heavy atom. The average Bonchev–Trinajstić information content (AvgIpc) is 3.14. The van der Waals surface area contributed by atoms with E-state index in [4.69, 9.17) is 11.6 Å². The van der Waals surface area contributed by atoms with Crippen LogP contribution in [0, 0.1) is 0 Å². The van der Waals surface area contributed by atoms with Gasteiger partial charge in [0.25, 0.3) is 5.91 Å². The van der Waals surface area contributed by atoms with Crippen molar-refractivity contribution in [2.45, 2.75) is 19.1 Å². The predicted molar refractivity (Wildman–Crippen MR) is 132 cm³/mol. The number of nitrogens with one attached hydrogen (secondary N) is 1. The molecule has 6 heteroatoms. The van der Waals surface area contributed by atoms with Crippen molar-refractivity contribution < 1.29 is 9.59 Å². The maximum Gasteiger partial charge on any atom is 0.255 e. The molecule has 2 amide bonds. The second-order valence-electron chi connectivity index (χ2n) is 8.16. The fourth-order valence-electron chi connectivity index (χ4n) is 4.37. The molecule has 0 radical (unpaired) electrons. The third-order valence-electron chi connectivity index (χ3n) is 6.02. The molecule has 0 saturated heterocycles. The number of hydrogen-bond acceptors (Lipinski definition) is 3. The molecule has 168 valence electrons. The molecule has 5 rings (SSSR count). The number of hydrogen-bond donors (Lipinski definition) is 1. The number of amides is 2. The Bertz CT molecular complexity index is 1340. The van der Waals surface area contributed by atoms with Crippen LogP contribution in [0.2, 0.25) is 5.02 Å². The van der Waals surface area contributed by atoms with E-state index in [0.29, 0.717) is 29.2 Å². The average molecular weight is 468 g/mol. The van der Waals surface area contributed by atoms with Crippen molar-refractivity contribution in [2.75, 3.05) is 0 Å². The number of carbonyl (C=O) groups is 2. The van der Waals surface area contributed by atoms with E-state index in [2.05, 4.69) is 10.3 Å². The van der Waals surface area contributed by atoms with Crippen molar-refractivity contribution >= 4 is 23.4 Å². The molecule has 1 aliphatic rings. The highest BCUT2D eigenvalue weighted by Crippen LogP contribution is 2.38. The first-order valence-electron chi connectivity index (χ1n) is 11.0. The molecular formula is C28H22ClN3O2. The van der Waals surface area contributed by atoms with Gasteiger partial charge in [-0.1, -0.05) is 66.2 Å². The fraction of sp³-hybridized carbons (Fsp3) is 0.107. The van der Waals surface area contributed by atoms with Crippen LogP contribution in [0.15, 0.2) is 97.3 Å². The molecule has 0 aliphatic carbocycles. The normalized spacial score (nSPS) is 14.7. The van der Waals surface area contributed by atoms with Gasteiger partial charge >= 0.3 is 0 Å². The van der Waals surface area contributed by atoms with Crippen LogP contribution < -0.4 is 5.32 Å². The summed E-state index contributed by atoms with van der Waals surface area (Å²) in [6.45, 7) is 0.639. The summed E-state index contributed by atoms with van der Waals surface area (Å²) in [5, 5.41) is 3.47. The molecule has 4 aromatic rings. The Balaban J connectivity index is 1.48. The predicted octanol–water partition coefficient (Wildman–Crippen LogP) is 5.42. The highest BCUT2D eigenvalue weighted by molar-refractivity contribution is 6.31. The van der Waals surface area contributed by atoms with Crippen LogP contribution in [0.5, 0.6) is 0 Å². The lowest BCUT2D eigenvalue weighted by atomic mass is 9.99. The Hall–Kier alpha value is -3.96. The van der Waals surface area contributed by atoms with Gasteiger partial charge in [-0.15, -0.1) is 0 Å². The van der Waals surface area contributed by atoms with E-state index < -0.39 is 6.04 Å². The van der Waals surface area contributed by atoms with Gasteiger partial charge in [-0.3, -0.25) is 14.6 Å². The lowest BCUT2D eigenvalue weighted by Crippen LogP contribution is -2.38. The highest BCUT2D eigenvalue weighted by atomic mass is 35.5. The minimum absolute atomic E-state index is 0.182. The first-order chi connectivity index (χ1) is 16.6. The summed E-state index contributed by atoms with van der Waals surface area (Å²) in [6.07, 6.45) is 3.37. The summed E-state index contributed by atoms with van der Waals surface area (Å²) in [4.78, 5) is 32.5. The zero-order valence-corrected chi connectivity index (χ0v) is 19.1. The van der Waals surface area contributed by atoms with Gasteiger partial charge in [-0.25, -0.2) is 0 Å². The minimum Gasteiger partial charge on any atom is -0.350 e. The summed E-state index contributed by atoms with van der Waals surface area (Å²) >= 11 is 6.26. The van der Waals surface area contributed by atoms with Crippen molar-refractivity contribution in [2.24, 2.45) is 0 Å². The quantitative estimate of drug-likeness (QED) is 0.412. The van der Waals surface area contributed by atoms with Crippen LogP contribution in [0.3, 0.4) is 0 Å². The molecule has 2 heterocycles. The molecule has 1 N–H and O–H groups in total. The summed E-state index contributed by atoms with van der Waals surface area (Å²) in [6, 6.07) is 26.0. The second-order valence-corrected chi connectivity index (χ2v) is 8.60. The molecule has 1 aromatic heterocycles. The van der Waals surface area contributed by atoms with Gasteiger partial charge in [0.05, 0.1) is 0 Å². The SMILES string of the molecule is O=C(NCc1ccncc1)C1c2cc(Cl)ccc2C(=O)N1Cc1ccccc1-c1ccccc1. The van der Waals surface area contributed by atoms with Crippen molar-refractivity contribution in [3.05, 3.63) is 125 Å². The summed E-state index contributed by atoms with van der Waals surface area (Å²) < 4.78 is 0. The van der Waals surface area contributed by atoms with Gasteiger partial charge < -0.3 is 10.2 Å². The monoisotopic (exact) mass is 467 g/mol. The number of fused-ring (bicyclic) bond motifs is 1. The molecule has 1 unspecified atom stereocenters. The molecule has 0 fully saturated rings. The van der Waals surface area contributed by atoms with Crippen LogP contribution >= 0.6 is 11.6 Å². The van der Waals surface area contributed by atoms with Gasteiger partial charge in [0.2, 0.25) is 5.91 Å². The van der Waals surface area contributed by atoms with Crippen LogP contribution in [-0.4, -0.2) is 21.7 Å². The zero-order valence-electron chi connectivity index (χ0n) is 18.3. The van der Waals surface area contributed by atoms with Gasteiger partial charge in [0.1, 0.15) is 6.04 Å². The molecule has 1 aliphatic heterocycles. The van der Waals surface area contributed by atoms with Crippen LogP contribution in [0.25, 0.3) is 11.1 Å². The van der Waals surface area contributed by atoms with Crippen molar-refractivity contribution in [1.29, 1.82) is 0 Å². The maximum atomic E-state index is 13.4. The Morgan fingerprint density at radius 3 is 2.44 bits per heavy atom. The minimum atomic E-state index is -0.771. The number of halogens is 1. The number of aromatic nitrogens is 1. The number of benzene rings is 3. The van der Waals surface area contributed by atoms with E-state index in [9.17, 15) is 9.59 Å². The second kappa shape index (κ2) is 9.49. The summed E-state index contributed by atoms with van der Waals surface area (Å²) in [5.41, 5.74) is 5.12. The van der Waals surface area contributed by atoms with Crippen LogP contribution in [0.1, 0.15) is 33.1 Å². The van der Waals surface area contributed by atoms with E-state index in [1.165, 1.54) is 0 Å². The zero-order chi connectivity index (χ0) is 23.5. The first-order valence-corrected chi connectivity index (χ1v) is 11.4. The van der Waals surface area contributed by atoms with Crippen molar-refractivity contribution in [1.82, 2.24) is 15.2 Å². The largest absolute Gasteiger partial charge is 0.350 e. The maximum absolute atomic E-state index is 13.4. The number of carbonyl (C=O) groups excluding carboxylic acids is 2. The molecule has 0 bridgehead atoms. The van der Waals surface area contributed by atoms with E-state index >= 15 is 0 Å². The smallest absolute Gasteiger partial charge is 0.255 e. The van der Waals surface area contributed by atoms with Crippen LogP contribution in [0.4, 0.5) is 0 Å². The molecule has 34 heavy (non-hydrogen) atoms. The third kappa shape index (κ3) is 4.30. The Kier molecular flexibility index (Phi) is 6.11. The molecule has 3 aromatic carbocycles. The number of pyridine rings is 1. The van der Waals surface area contributed by atoms with Gasteiger partial charge in [-0.2, -0.15) is 0 Å². The highest BCUT2D eigenvalue weighted by Gasteiger charge is 2.41. The van der Waals surface area contributed by atoms with Gasteiger partial charge in [0.15, 0.2) is 0 Å². The van der Waals surface area contributed by atoms with Crippen molar-refractivity contribution in [3.8, 4) is 11.1 Å². The Morgan fingerprint density at radius 2 is 1.65 bits per heavy atom. The van der Waals surface area contributed by atoms with E-state index in [1.807, 2.05) is 66.7 Å². The molecule has 0 saturated carbocycles. The number of nitrogens with zero attached hydrogens (tertiary/aromatic N) is 2. The summed E-state index contributed by atoms with van der Waals surface area (Å²) in [7, 11) is 0. The van der Waals surface area contributed by atoms with E-state index in [1.54, 1.807) is 35.5 Å². The topological polar surface area (TPSA) is 62.3 Å². The lowest BCUT2D eigenvalue weighted by Gasteiger charge is -2.26. The van der Waals surface area contributed by atoms with Crippen molar-refractivity contribution in [3.63, 3.8) is 0 Å². The van der Waals surface area contributed by atoms with E-state index in [0.717, 1.165) is 22.3 Å². The molecule has 0 spiro atoms.